The monoisotopic (exact) mass is 356 g/mol. The first-order valence-corrected chi connectivity index (χ1v) is 7.55. The number of benzene rings is 1. The molecule has 0 atom stereocenters. The van der Waals surface area contributed by atoms with Crippen molar-refractivity contribution in [3.05, 3.63) is 41.6 Å². The third-order valence-electron chi connectivity index (χ3n) is 3.31. The lowest BCUT2D eigenvalue weighted by atomic mass is 10.1. The molecule has 2 aromatic rings. The van der Waals surface area contributed by atoms with E-state index in [0.29, 0.717) is 18.8 Å². The molecule has 25 heavy (non-hydrogen) atoms. The van der Waals surface area contributed by atoms with Gasteiger partial charge in [0.15, 0.2) is 0 Å². The molecule has 0 saturated carbocycles. The van der Waals surface area contributed by atoms with Crippen LogP contribution in [0.25, 0.3) is 5.69 Å². The van der Waals surface area contributed by atoms with Gasteiger partial charge in [-0.15, -0.1) is 0 Å². The minimum Gasteiger partial charge on any atom is -0.383 e. The molecule has 1 aromatic heterocycles. The normalized spacial score (nSPS) is 11.6. The second-order valence-corrected chi connectivity index (χ2v) is 5.32. The predicted octanol–water partition coefficient (Wildman–Crippen LogP) is 2.37. The average molecular weight is 356 g/mol. The first kappa shape index (κ1) is 18.9. The van der Waals surface area contributed by atoms with E-state index >= 15 is 0 Å². The van der Waals surface area contributed by atoms with Crippen LogP contribution in [0.15, 0.2) is 30.3 Å². The number of hydrogen-bond donors (Lipinski definition) is 2. The summed E-state index contributed by atoms with van der Waals surface area (Å²) >= 11 is 0. The maximum atomic E-state index is 13.2. The summed E-state index contributed by atoms with van der Waals surface area (Å²) < 4.78 is 45.6. The lowest BCUT2D eigenvalue weighted by Gasteiger charge is -2.15. The third kappa shape index (κ3) is 5.04. The maximum absolute atomic E-state index is 13.2. The summed E-state index contributed by atoms with van der Waals surface area (Å²) in [5.41, 5.74) is -0.489. The fourth-order valence-electron chi connectivity index (χ4n) is 2.23. The largest absolute Gasteiger partial charge is 0.418 e. The van der Waals surface area contributed by atoms with Crippen LogP contribution < -0.4 is 10.6 Å². The molecular formula is C16H19F3N4O2. The van der Waals surface area contributed by atoms with Crippen molar-refractivity contribution in [1.82, 2.24) is 15.1 Å². The maximum Gasteiger partial charge on any atom is 0.418 e. The molecule has 0 unspecified atom stereocenters. The molecule has 2 N–H and O–H groups in total. The first-order chi connectivity index (χ1) is 11.8. The van der Waals surface area contributed by atoms with Gasteiger partial charge in [-0.1, -0.05) is 12.1 Å². The Bertz CT molecular complexity index is 728. The summed E-state index contributed by atoms with van der Waals surface area (Å²) in [7, 11) is 1.54. The molecule has 0 aliphatic carbocycles. The van der Waals surface area contributed by atoms with Gasteiger partial charge in [-0.05, 0) is 19.1 Å². The van der Waals surface area contributed by atoms with Crippen molar-refractivity contribution < 1.29 is 22.7 Å². The van der Waals surface area contributed by atoms with Gasteiger partial charge in [0.2, 0.25) is 5.91 Å². The summed E-state index contributed by atoms with van der Waals surface area (Å²) in [5, 5.41) is 9.52. The molecule has 0 fully saturated rings. The number of carbonyl (C=O) groups excluding carboxylic acids is 1. The Labute approximate surface area is 143 Å². The van der Waals surface area contributed by atoms with Gasteiger partial charge in [0.1, 0.15) is 5.82 Å². The molecule has 1 amide bonds. The number of rotatable bonds is 7. The van der Waals surface area contributed by atoms with Gasteiger partial charge in [-0.2, -0.15) is 18.3 Å². The number of aryl methyl sites for hydroxylation is 1. The predicted molar refractivity (Wildman–Crippen MR) is 86.7 cm³/mol. The number of para-hydroxylation sites is 1. The molecule has 0 aliphatic heterocycles. The van der Waals surface area contributed by atoms with Crippen LogP contribution in [0.4, 0.5) is 19.0 Å². The molecule has 1 aromatic carbocycles. The van der Waals surface area contributed by atoms with Crippen molar-refractivity contribution in [2.24, 2.45) is 0 Å². The molecule has 0 radical (unpaired) electrons. The Morgan fingerprint density at radius 1 is 1.32 bits per heavy atom. The minimum atomic E-state index is -4.53. The minimum absolute atomic E-state index is 0.00844. The average Bonchev–Trinajstić information content (AvgIpc) is 2.91. The Balaban J connectivity index is 2.23. The number of nitrogens with zero attached hydrogens (tertiary/aromatic N) is 2. The SMILES string of the molecule is COCCNCC(=O)Nc1cc(C)nn1-c1ccccc1C(F)(F)F. The van der Waals surface area contributed by atoms with E-state index in [-0.39, 0.29) is 24.0 Å². The van der Waals surface area contributed by atoms with Crippen molar-refractivity contribution in [3.8, 4) is 5.69 Å². The lowest BCUT2D eigenvalue weighted by molar-refractivity contribution is -0.137. The highest BCUT2D eigenvalue weighted by atomic mass is 19.4. The number of alkyl halides is 3. The van der Waals surface area contributed by atoms with Crippen molar-refractivity contribution in [1.29, 1.82) is 0 Å². The fraction of sp³-hybridized carbons (Fsp3) is 0.375. The summed E-state index contributed by atoms with van der Waals surface area (Å²) in [6.45, 7) is 2.58. The number of nitrogens with one attached hydrogen (secondary N) is 2. The van der Waals surface area contributed by atoms with Gasteiger partial charge >= 0.3 is 6.18 Å². The second-order valence-electron chi connectivity index (χ2n) is 5.32. The van der Waals surface area contributed by atoms with Crippen LogP contribution in [0.3, 0.4) is 0 Å². The molecule has 9 heteroatoms. The number of aromatic nitrogens is 2. The zero-order valence-electron chi connectivity index (χ0n) is 13.9. The van der Waals surface area contributed by atoms with Crippen LogP contribution >= 0.6 is 0 Å². The number of amides is 1. The van der Waals surface area contributed by atoms with E-state index in [1.54, 1.807) is 14.0 Å². The van der Waals surface area contributed by atoms with Gasteiger partial charge < -0.3 is 15.4 Å². The van der Waals surface area contributed by atoms with Crippen LogP contribution in [0, 0.1) is 6.92 Å². The highest BCUT2D eigenvalue weighted by Gasteiger charge is 2.34. The van der Waals surface area contributed by atoms with Crippen LogP contribution in [0.5, 0.6) is 0 Å². The third-order valence-corrected chi connectivity index (χ3v) is 3.31. The van der Waals surface area contributed by atoms with E-state index < -0.39 is 11.7 Å². The Morgan fingerprint density at radius 3 is 2.72 bits per heavy atom. The number of methoxy groups -OCH3 is 1. The lowest BCUT2D eigenvalue weighted by Crippen LogP contribution is -2.31. The summed E-state index contributed by atoms with van der Waals surface area (Å²) in [4.78, 5) is 12.0. The summed E-state index contributed by atoms with van der Waals surface area (Å²) in [5.74, 6) is -0.213. The van der Waals surface area contributed by atoms with E-state index in [9.17, 15) is 18.0 Å². The Hall–Kier alpha value is -2.39. The van der Waals surface area contributed by atoms with Gasteiger partial charge in [0, 0.05) is 19.7 Å². The molecular weight excluding hydrogens is 337 g/mol. The molecule has 0 aliphatic rings. The van der Waals surface area contributed by atoms with Crippen molar-refractivity contribution >= 4 is 11.7 Å². The molecule has 0 bridgehead atoms. The van der Waals surface area contributed by atoms with E-state index in [1.165, 1.54) is 24.3 Å². The van der Waals surface area contributed by atoms with E-state index in [4.69, 9.17) is 4.74 Å². The molecule has 2 rings (SSSR count). The number of ether oxygens (including phenoxy) is 1. The highest BCUT2D eigenvalue weighted by molar-refractivity contribution is 5.91. The van der Waals surface area contributed by atoms with Crippen molar-refractivity contribution in [3.63, 3.8) is 0 Å². The number of anilines is 1. The van der Waals surface area contributed by atoms with Crippen molar-refractivity contribution in [2.45, 2.75) is 13.1 Å². The van der Waals surface area contributed by atoms with Gasteiger partial charge in [0.25, 0.3) is 0 Å². The highest BCUT2D eigenvalue weighted by Crippen LogP contribution is 2.34. The summed E-state index contributed by atoms with van der Waals surface area (Å²) in [6, 6.07) is 6.59. The van der Waals surface area contributed by atoms with E-state index in [2.05, 4.69) is 15.7 Å². The summed E-state index contributed by atoms with van der Waals surface area (Å²) in [6.07, 6.45) is -4.53. The zero-order valence-corrected chi connectivity index (χ0v) is 13.9. The number of halogens is 3. The molecule has 6 nitrogen and oxygen atoms in total. The number of carbonyl (C=O) groups is 1. The van der Waals surface area contributed by atoms with Crippen molar-refractivity contribution in [2.75, 3.05) is 32.1 Å². The topological polar surface area (TPSA) is 68.2 Å². The molecule has 0 saturated heterocycles. The second kappa shape index (κ2) is 8.13. The van der Waals surface area contributed by atoms with Gasteiger partial charge in [-0.25, -0.2) is 4.68 Å². The quantitative estimate of drug-likeness (QED) is 0.748. The smallest absolute Gasteiger partial charge is 0.383 e. The van der Waals surface area contributed by atoms with Gasteiger partial charge in [-0.3, -0.25) is 4.79 Å². The molecule has 0 spiro atoms. The van der Waals surface area contributed by atoms with Crippen LogP contribution in [0.2, 0.25) is 0 Å². The first-order valence-electron chi connectivity index (χ1n) is 7.55. The Kier molecular flexibility index (Phi) is 6.16. The van der Waals surface area contributed by atoms with E-state index in [1.807, 2.05) is 0 Å². The fourth-order valence-corrected chi connectivity index (χ4v) is 2.23. The zero-order chi connectivity index (χ0) is 18.4. The number of hydrogen-bond acceptors (Lipinski definition) is 4. The van der Waals surface area contributed by atoms with Crippen LogP contribution in [-0.2, 0) is 15.7 Å². The van der Waals surface area contributed by atoms with Crippen LogP contribution in [0.1, 0.15) is 11.3 Å². The molecule has 1 heterocycles. The Morgan fingerprint density at radius 2 is 2.04 bits per heavy atom. The van der Waals surface area contributed by atoms with E-state index in [0.717, 1.165) is 10.7 Å². The van der Waals surface area contributed by atoms with Gasteiger partial charge in [0.05, 0.1) is 30.1 Å². The molecule has 136 valence electrons. The van der Waals surface area contributed by atoms with Crippen LogP contribution in [-0.4, -0.2) is 42.5 Å². The standard InChI is InChI=1S/C16H19F3N4O2/c1-11-9-14(21-15(24)10-20-7-8-25-2)23(22-11)13-6-4-3-5-12(13)16(17,18)19/h3-6,9,20H,7-8,10H2,1-2H3,(H,21,24).